The quantitative estimate of drug-likeness (QED) is 0.292. The molecule has 0 aromatic heterocycles. The van der Waals surface area contributed by atoms with Crippen LogP contribution < -0.4 is 0 Å². The van der Waals surface area contributed by atoms with Gasteiger partial charge in [-0.1, -0.05) is 58.3 Å². The molecule has 5 nitrogen and oxygen atoms in total. The fraction of sp³-hybridized carbons (Fsp3) is 0.933. The molecular formula is C15H30O5. The molecule has 0 aromatic rings. The zero-order chi connectivity index (χ0) is 15.1. The van der Waals surface area contributed by atoms with Crippen molar-refractivity contribution in [1.82, 2.24) is 0 Å². The molecule has 0 saturated carbocycles. The van der Waals surface area contributed by atoms with Gasteiger partial charge in [0.05, 0.1) is 6.61 Å². The summed E-state index contributed by atoms with van der Waals surface area (Å²) in [7, 11) is 0. The van der Waals surface area contributed by atoms with Gasteiger partial charge in [0.2, 0.25) is 0 Å². The van der Waals surface area contributed by atoms with Crippen LogP contribution in [0.3, 0.4) is 0 Å². The van der Waals surface area contributed by atoms with Crippen molar-refractivity contribution < 1.29 is 24.8 Å². The summed E-state index contributed by atoms with van der Waals surface area (Å²) in [6, 6.07) is 0. The van der Waals surface area contributed by atoms with Crippen LogP contribution in [0.2, 0.25) is 0 Å². The van der Waals surface area contributed by atoms with Gasteiger partial charge in [-0.2, -0.15) is 4.89 Å². The molecule has 1 unspecified atom stereocenters. The van der Waals surface area contributed by atoms with E-state index in [2.05, 4.69) is 16.7 Å². The molecule has 2 N–H and O–H groups in total. The van der Waals surface area contributed by atoms with Crippen molar-refractivity contribution in [3.05, 3.63) is 0 Å². The number of carbonyl (C=O) groups excluding carboxylic acids is 1. The standard InChI is InChI=1S/C15H30O5/c1-2-3-4-5-6-7-8-9-10-11-15(18)20-19-13-14(17)12-16/h14,16-17H,2-13H2,1H3. The van der Waals surface area contributed by atoms with E-state index in [1.54, 1.807) is 0 Å². The molecule has 0 heterocycles. The van der Waals surface area contributed by atoms with Gasteiger partial charge >= 0.3 is 5.97 Å². The number of hydrogen-bond donors (Lipinski definition) is 2. The normalized spacial score (nSPS) is 12.3. The molecule has 0 aliphatic carbocycles. The number of aliphatic hydroxyl groups is 2. The average molecular weight is 290 g/mol. The highest BCUT2D eigenvalue weighted by atomic mass is 17.2. The van der Waals surface area contributed by atoms with Gasteiger partial charge in [0, 0.05) is 6.42 Å². The molecule has 0 spiro atoms. The van der Waals surface area contributed by atoms with Gasteiger partial charge in [0.25, 0.3) is 0 Å². The molecule has 0 fully saturated rings. The maximum absolute atomic E-state index is 11.2. The van der Waals surface area contributed by atoms with Crippen LogP contribution in [0.1, 0.15) is 71.1 Å². The second kappa shape index (κ2) is 14.8. The zero-order valence-electron chi connectivity index (χ0n) is 12.7. The smallest absolute Gasteiger partial charge is 0.342 e. The van der Waals surface area contributed by atoms with E-state index < -0.39 is 18.7 Å². The molecular weight excluding hydrogens is 260 g/mol. The summed E-state index contributed by atoms with van der Waals surface area (Å²) < 4.78 is 0. The summed E-state index contributed by atoms with van der Waals surface area (Å²) in [5.41, 5.74) is 0. The molecule has 0 saturated heterocycles. The van der Waals surface area contributed by atoms with Crippen molar-refractivity contribution in [3.63, 3.8) is 0 Å². The highest BCUT2D eigenvalue weighted by molar-refractivity contribution is 5.68. The first kappa shape index (κ1) is 19.4. The van der Waals surface area contributed by atoms with Crippen molar-refractivity contribution in [2.75, 3.05) is 13.2 Å². The lowest BCUT2D eigenvalue weighted by Crippen LogP contribution is -2.20. The fourth-order valence-corrected chi connectivity index (χ4v) is 1.85. The maximum Gasteiger partial charge on any atom is 0.342 e. The third-order valence-electron chi connectivity index (χ3n) is 3.11. The third kappa shape index (κ3) is 13.8. The minimum Gasteiger partial charge on any atom is -0.394 e. The van der Waals surface area contributed by atoms with Crippen LogP contribution >= 0.6 is 0 Å². The predicted molar refractivity (Wildman–Crippen MR) is 77.0 cm³/mol. The summed E-state index contributed by atoms with van der Waals surface area (Å²) in [6.07, 6.45) is 10.1. The molecule has 0 amide bonds. The first-order chi connectivity index (χ1) is 9.70. The predicted octanol–water partition coefficient (Wildman–Crippen LogP) is 2.74. The molecule has 0 aromatic carbocycles. The molecule has 20 heavy (non-hydrogen) atoms. The van der Waals surface area contributed by atoms with Crippen molar-refractivity contribution in [3.8, 4) is 0 Å². The molecule has 0 aliphatic rings. The second-order valence-electron chi connectivity index (χ2n) is 5.15. The van der Waals surface area contributed by atoms with E-state index in [1.165, 1.54) is 38.5 Å². The SMILES string of the molecule is CCCCCCCCCCCC(=O)OOCC(O)CO. The van der Waals surface area contributed by atoms with Crippen LogP contribution in [-0.4, -0.2) is 35.5 Å². The highest BCUT2D eigenvalue weighted by Gasteiger charge is 2.07. The van der Waals surface area contributed by atoms with Gasteiger partial charge in [-0.25, -0.2) is 4.79 Å². The van der Waals surface area contributed by atoms with Crippen LogP contribution in [-0.2, 0) is 14.6 Å². The first-order valence-electron chi connectivity index (χ1n) is 7.82. The van der Waals surface area contributed by atoms with Gasteiger partial charge in [-0.15, -0.1) is 0 Å². The maximum atomic E-state index is 11.2. The number of unbranched alkanes of at least 4 members (excludes halogenated alkanes) is 8. The summed E-state index contributed by atoms with van der Waals surface area (Å²) >= 11 is 0. The topological polar surface area (TPSA) is 76.0 Å². The Balaban J connectivity index is 3.19. The lowest BCUT2D eigenvalue weighted by molar-refractivity contribution is -0.282. The monoisotopic (exact) mass is 290 g/mol. The van der Waals surface area contributed by atoms with Gasteiger partial charge in [-0.05, 0) is 6.42 Å². The molecule has 0 rings (SSSR count). The lowest BCUT2D eigenvalue weighted by atomic mass is 10.1. The van der Waals surface area contributed by atoms with Gasteiger partial charge in [0.1, 0.15) is 12.7 Å². The minimum absolute atomic E-state index is 0.194. The van der Waals surface area contributed by atoms with Crippen LogP contribution in [0.5, 0.6) is 0 Å². The first-order valence-corrected chi connectivity index (χ1v) is 7.82. The van der Waals surface area contributed by atoms with Crippen LogP contribution in [0.25, 0.3) is 0 Å². The molecule has 1 atom stereocenters. The molecule has 0 radical (unpaired) electrons. The van der Waals surface area contributed by atoms with Crippen molar-refractivity contribution in [1.29, 1.82) is 0 Å². The Hall–Kier alpha value is -0.650. The van der Waals surface area contributed by atoms with Crippen LogP contribution in [0.15, 0.2) is 0 Å². The minimum atomic E-state index is -1.00. The van der Waals surface area contributed by atoms with Crippen molar-refractivity contribution in [2.45, 2.75) is 77.2 Å². The van der Waals surface area contributed by atoms with Crippen LogP contribution in [0.4, 0.5) is 0 Å². The van der Waals surface area contributed by atoms with E-state index in [0.717, 1.165) is 19.3 Å². The number of aliphatic hydroxyl groups excluding tert-OH is 2. The van der Waals surface area contributed by atoms with Crippen molar-refractivity contribution >= 4 is 5.97 Å². The average Bonchev–Trinajstić information content (AvgIpc) is 2.45. The van der Waals surface area contributed by atoms with E-state index in [4.69, 9.17) is 10.2 Å². The van der Waals surface area contributed by atoms with Gasteiger partial charge in [0.15, 0.2) is 0 Å². The molecule has 5 heteroatoms. The molecule has 0 bridgehead atoms. The van der Waals surface area contributed by atoms with Crippen LogP contribution in [0, 0.1) is 0 Å². The summed E-state index contributed by atoms with van der Waals surface area (Å²) in [4.78, 5) is 20.2. The molecule has 120 valence electrons. The highest BCUT2D eigenvalue weighted by Crippen LogP contribution is 2.10. The van der Waals surface area contributed by atoms with E-state index in [0.29, 0.717) is 6.42 Å². The number of rotatable bonds is 14. The number of carbonyl (C=O) groups is 1. The zero-order valence-corrected chi connectivity index (χ0v) is 12.7. The Morgan fingerprint density at radius 3 is 2.10 bits per heavy atom. The summed E-state index contributed by atoms with van der Waals surface area (Å²) in [5.74, 6) is -0.418. The Morgan fingerprint density at radius 2 is 1.55 bits per heavy atom. The summed E-state index contributed by atoms with van der Waals surface area (Å²) in [5, 5.41) is 17.5. The Bertz CT molecular complexity index is 220. The number of hydrogen-bond acceptors (Lipinski definition) is 5. The Kier molecular flexibility index (Phi) is 14.3. The van der Waals surface area contributed by atoms with Crippen molar-refractivity contribution in [2.24, 2.45) is 0 Å². The van der Waals surface area contributed by atoms with Gasteiger partial charge in [-0.3, -0.25) is 4.89 Å². The van der Waals surface area contributed by atoms with E-state index in [9.17, 15) is 4.79 Å². The second-order valence-corrected chi connectivity index (χ2v) is 5.15. The van der Waals surface area contributed by atoms with E-state index in [1.807, 2.05) is 0 Å². The lowest BCUT2D eigenvalue weighted by Gasteiger charge is -2.07. The van der Waals surface area contributed by atoms with E-state index in [-0.39, 0.29) is 6.61 Å². The Morgan fingerprint density at radius 1 is 1.00 bits per heavy atom. The fourth-order valence-electron chi connectivity index (χ4n) is 1.85. The van der Waals surface area contributed by atoms with Gasteiger partial charge < -0.3 is 10.2 Å². The molecule has 0 aliphatic heterocycles. The summed E-state index contributed by atoms with van der Waals surface area (Å²) in [6.45, 7) is 1.61. The largest absolute Gasteiger partial charge is 0.394 e. The third-order valence-corrected chi connectivity index (χ3v) is 3.11. The van der Waals surface area contributed by atoms with E-state index >= 15 is 0 Å². The Labute approximate surface area is 122 Å².